The molecule has 1 fully saturated rings. The smallest absolute Gasteiger partial charge is 0.0790 e. The molecule has 0 amide bonds. The quantitative estimate of drug-likeness (QED) is 0.885. The molecule has 2 rings (SSSR count). The molecule has 3 heteroatoms. The van der Waals surface area contributed by atoms with Crippen molar-refractivity contribution in [2.75, 3.05) is 6.61 Å². The van der Waals surface area contributed by atoms with E-state index in [1.54, 1.807) is 0 Å². The second-order valence-electron chi connectivity index (χ2n) is 5.09. The molecule has 0 bridgehead atoms. The standard InChI is InChI=1S/C15H21BrO2/c1-11-10-12(7-8-14(11)16)15(17)6-2-4-13-5-3-9-18-13/h7-8,10,13,15,17H,2-6,9H2,1H3. The zero-order valence-corrected chi connectivity index (χ0v) is 12.4. The van der Waals surface area contributed by atoms with Gasteiger partial charge < -0.3 is 9.84 Å². The van der Waals surface area contributed by atoms with Crippen molar-refractivity contribution in [3.8, 4) is 0 Å². The Morgan fingerprint density at radius 3 is 3.00 bits per heavy atom. The molecule has 100 valence electrons. The minimum absolute atomic E-state index is 0.349. The van der Waals surface area contributed by atoms with Crippen molar-refractivity contribution in [2.45, 2.75) is 51.2 Å². The lowest BCUT2D eigenvalue weighted by molar-refractivity contribution is 0.0944. The van der Waals surface area contributed by atoms with Crippen molar-refractivity contribution in [1.82, 2.24) is 0 Å². The van der Waals surface area contributed by atoms with E-state index in [0.717, 1.165) is 35.9 Å². The highest BCUT2D eigenvalue weighted by molar-refractivity contribution is 9.10. The SMILES string of the molecule is Cc1cc(C(O)CCCC2CCCO2)ccc1Br. The van der Waals surface area contributed by atoms with Gasteiger partial charge in [-0.1, -0.05) is 28.1 Å². The summed E-state index contributed by atoms with van der Waals surface area (Å²) in [5, 5.41) is 10.2. The van der Waals surface area contributed by atoms with Gasteiger partial charge in [-0.15, -0.1) is 0 Å². The molecule has 2 nitrogen and oxygen atoms in total. The van der Waals surface area contributed by atoms with Crippen LogP contribution in [0.1, 0.15) is 49.3 Å². The molecule has 1 aromatic rings. The monoisotopic (exact) mass is 312 g/mol. The minimum Gasteiger partial charge on any atom is -0.388 e. The molecule has 1 aromatic carbocycles. The summed E-state index contributed by atoms with van der Waals surface area (Å²) >= 11 is 3.48. The third-order valence-corrected chi connectivity index (χ3v) is 4.48. The van der Waals surface area contributed by atoms with Gasteiger partial charge in [-0.3, -0.25) is 0 Å². The number of hydrogen-bond donors (Lipinski definition) is 1. The minimum atomic E-state index is -0.349. The highest BCUT2D eigenvalue weighted by atomic mass is 79.9. The van der Waals surface area contributed by atoms with Crippen molar-refractivity contribution in [2.24, 2.45) is 0 Å². The second-order valence-corrected chi connectivity index (χ2v) is 5.94. The van der Waals surface area contributed by atoms with Gasteiger partial charge in [-0.25, -0.2) is 0 Å². The van der Waals surface area contributed by atoms with E-state index in [1.165, 1.54) is 18.4 Å². The summed E-state index contributed by atoms with van der Waals surface area (Å²) in [6.07, 6.45) is 5.39. The van der Waals surface area contributed by atoms with Crippen LogP contribution in [0.3, 0.4) is 0 Å². The van der Waals surface area contributed by atoms with Gasteiger partial charge in [-0.05, 0) is 56.2 Å². The molecule has 0 spiro atoms. The average molecular weight is 313 g/mol. The van der Waals surface area contributed by atoms with Crippen molar-refractivity contribution < 1.29 is 9.84 Å². The Kier molecular flexibility index (Phi) is 5.22. The summed E-state index contributed by atoms with van der Waals surface area (Å²) in [6, 6.07) is 6.06. The van der Waals surface area contributed by atoms with E-state index < -0.39 is 0 Å². The third kappa shape index (κ3) is 3.81. The van der Waals surface area contributed by atoms with Crippen LogP contribution in [0.2, 0.25) is 0 Å². The molecule has 1 N–H and O–H groups in total. The van der Waals surface area contributed by atoms with Crippen LogP contribution in [-0.2, 0) is 4.74 Å². The Morgan fingerprint density at radius 2 is 2.33 bits per heavy atom. The average Bonchev–Trinajstić information content (AvgIpc) is 2.85. The molecule has 0 aliphatic carbocycles. The maximum Gasteiger partial charge on any atom is 0.0790 e. The summed E-state index contributed by atoms with van der Waals surface area (Å²) in [6.45, 7) is 2.96. The number of rotatable bonds is 5. The largest absolute Gasteiger partial charge is 0.388 e. The van der Waals surface area contributed by atoms with Crippen LogP contribution in [0.4, 0.5) is 0 Å². The molecule has 1 aliphatic rings. The van der Waals surface area contributed by atoms with Crippen LogP contribution in [0.15, 0.2) is 22.7 Å². The van der Waals surface area contributed by atoms with Crippen LogP contribution in [0, 0.1) is 6.92 Å². The first-order chi connectivity index (χ1) is 8.66. The summed E-state index contributed by atoms with van der Waals surface area (Å²) in [5.41, 5.74) is 2.19. The van der Waals surface area contributed by atoms with Gasteiger partial charge >= 0.3 is 0 Å². The predicted molar refractivity (Wildman–Crippen MR) is 76.7 cm³/mol. The normalized spacial score (nSPS) is 21.2. The molecule has 2 unspecified atom stereocenters. The highest BCUT2D eigenvalue weighted by Crippen LogP contribution is 2.26. The van der Waals surface area contributed by atoms with E-state index in [-0.39, 0.29) is 6.10 Å². The van der Waals surface area contributed by atoms with Crippen molar-refractivity contribution in [1.29, 1.82) is 0 Å². The van der Waals surface area contributed by atoms with E-state index in [1.807, 2.05) is 19.1 Å². The van der Waals surface area contributed by atoms with E-state index in [9.17, 15) is 5.11 Å². The lowest BCUT2D eigenvalue weighted by atomic mass is 10.0. The Morgan fingerprint density at radius 1 is 1.50 bits per heavy atom. The molecule has 0 saturated carbocycles. The second kappa shape index (κ2) is 6.69. The molecular weight excluding hydrogens is 292 g/mol. The number of ether oxygens (including phenoxy) is 1. The van der Waals surface area contributed by atoms with Gasteiger partial charge in [0.2, 0.25) is 0 Å². The number of aryl methyl sites for hydroxylation is 1. The fourth-order valence-electron chi connectivity index (χ4n) is 2.45. The number of aliphatic hydroxyl groups excluding tert-OH is 1. The maximum absolute atomic E-state index is 10.2. The van der Waals surface area contributed by atoms with Crippen LogP contribution >= 0.6 is 15.9 Å². The Balaban J connectivity index is 1.79. The number of halogens is 1. The summed E-state index contributed by atoms with van der Waals surface area (Å²) in [4.78, 5) is 0. The number of benzene rings is 1. The Hall–Kier alpha value is -0.380. The molecule has 1 aliphatic heterocycles. The van der Waals surface area contributed by atoms with Crippen LogP contribution in [-0.4, -0.2) is 17.8 Å². The Bertz CT molecular complexity index is 386. The molecule has 1 heterocycles. The maximum atomic E-state index is 10.2. The van der Waals surface area contributed by atoms with E-state index in [0.29, 0.717) is 6.10 Å². The van der Waals surface area contributed by atoms with Gasteiger partial charge in [-0.2, -0.15) is 0 Å². The molecule has 0 radical (unpaired) electrons. The number of aliphatic hydroxyl groups is 1. The number of hydrogen-bond acceptors (Lipinski definition) is 2. The first-order valence-electron chi connectivity index (χ1n) is 6.72. The molecule has 1 saturated heterocycles. The molecule has 2 atom stereocenters. The van der Waals surface area contributed by atoms with Gasteiger partial charge in [0.05, 0.1) is 12.2 Å². The van der Waals surface area contributed by atoms with Gasteiger partial charge in [0.1, 0.15) is 0 Å². The Labute approximate surface area is 117 Å². The van der Waals surface area contributed by atoms with E-state index >= 15 is 0 Å². The topological polar surface area (TPSA) is 29.5 Å². The zero-order valence-electron chi connectivity index (χ0n) is 10.9. The predicted octanol–water partition coefficient (Wildman–Crippen LogP) is 4.14. The van der Waals surface area contributed by atoms with E-state index in [2.05, 4.69) is 22.0 Å². The first kappa shape index (κ1) is 14.0. The van der Waals surface area contributed by atoms with Crippen LogP contribution < -0.4 is 0 Å². The fourth-order valence-corrected chi connectivity index (χ4v) is 2.70. The van der Waals surface area contributed by atoms with Gasteiger partial charge in [0, 0.05) is 11.1 Å². The lowest BCUT2D eigenvalue weighted by Gasteiger charge is -2.14. The fraction of sp³-hybridized carbons (Fsp3) is 0.600. The van der Waals surface area contributed by atoms with Gasteiger partial charge in [0.15, 0.2) is 0 Å². The zero-order chi connectivity index (χ0) is 13.0. The highest BCUT2D eigenvalue weighted by Gasteiger charge is 2.16. The molecule has 18 heavy (non-hydrogen) atoms. The van der Waals surface area contributed by atoms with Crippen molar-refractivity contribution in [3.05, 3.63) is 33.8 Å². The van der Waals surface area contributed by atoms with E-state index in [4.69, 9.17) is 4.74 Å². The van der Waals surface area contributed by atoms with Gasteiger partial charge in [0.25, 0.3) is 0 Å². The summed E-state index contributed by atoms with van der Waals surface area (Å²) in [5.74, 6) is 0. The molecular formula is C15H21BrO2. The summed E-state index contributed by atoms with van der Waals surface area (Å²) < 4.78 is 6.68. The van der Waals surface area contributed by atoms with Crippen LogP contribution in [0.25, 0.3) is 0 Å². The first-order valence-corrected chi connectivity index (χ1v) is 7.52. The van der Waals surface area contributed by atoms with Crippen molar-refractivity contribution in [3.63, 3.8) is 0 Å². The molecule has 0 aromatic heterocycles. The summed E-state index contributed by atoms with van der Waals surface area (Å²) in [7, 11) is 0. The lowest BCUT2D eigenvalue weighted by Crippen LogP contribution is -2.06. The third-order valence-electron chi connectivity index (χ3n) is 3.59. The van der Waals surface area contributed by atoms with Crippen molar-refractivity contribution >= 4 is 15.9 Å². The van der Waals surface area contributed by atoms with Crippen LogP contribution in [0.5, 0.6) is 0 Å².